The maximum Gasteiger partial charge on any atom is 0.266 e. The number of hydrogen-bond acceptors (Lipinski definition) is 7. The second-order valence-corrected chi connectivity index (χ2v) is 9.15. The van der Waals surface area contributed by atoms with E-state index in [1.54, 1.807) is 26.2 Å². The molecule has 0 unspecified atom stereocenters. The van der Waals surface area contributed by atoms with E-state index in [9.17, 15) is 9.18 Å². The quantitative estimate of drug-likeness (QED) is 0.402. The molecule has 1 fully saturated rings. The fourth-order valence-electron chi connectivity index (χ4n) is 4.64. The minimum Gasteiger partial charge on any atom is -0.345 e. The first-order valence-electron chi connectivity index (χ1n) is 11.9. The molecule has 0 spiro atoms. The minimum absolute atomic E-state index is 0.0432. The van der Waals surface area contributed by atoms with Crippen LogP contribution in [0.1, 0.15) is 53.3 Å². The zero-order valence-corrected chi connectivity index (χ0v) is 20.4. The molecule has 0 atom stereocenters. The summed E-state index contributed by atoms with van der Waals surface area (Å²) in [5.41, 5.74) is 1.48. The van der Waals surface area contributed by atoms with Crippen molar-refractivity contribution < 1.29 is 18.1 Å². The summed E-state index contributed by atoms with van der Waals surface area (Å²) in [5.74, 6) is -0.0730. The average molecular weight is 496 g/mol. The molecule has 188 valence electrons. The lowest BCUT2D eigenvalue weighted by atomic mass is 10.0. The standard InChI is InChI=1S/C25H27F2N7O2/c1-4-21-30-25(31-36-21)33-9-7-17(8-10-33)34-13-19(27)22-20(28-14-29-23(22)34)12-15-5-6-16(11-18(15)26)24(35)32(2)3/h5-6,11,13-14,17H,4,7-10,12H2,1-3H3. The number of carbonyl (C=O) groups excluding carboxylic acids is 1. The van der Waals surface area contributed by atoms with Crippen molar-refractivity contribution in [2.45, 2.75) is 38.6 Å². The van der Waals surface area contributed by atoms with Gasteiger partial charge in [-0.05, 0) is 35.7 Å². The molecule has 4 heterocycles. The Bertz CT molecular complexity index is 1410. The first-order valence-corrected chi connectivity index (χ1v) is 11.9. The molecule has 9 nitrogen and oxygen atoms in total. The number of halogens is 2. The lowest BCUT2D eigenvalue weighted by molar-refractivity contribution is 0.0827. The van der Waals surface area contributed by atoms with Crippen molar-refractivity contribution in [2.75, 3.05) is 32.1 Å². The molecule has 0 saturated carbocycles. The lowest BCUT2D eigenvalue weighted by Crippen LogP contribution is -2.35. The zero-order chi connectivity index (χ0) is 25.4. The fraction of sp³-hybridized carbons (Fsp3) is 0.400. The van der Waals surface area contributed by atoms with Crippen LogP contribution in [0.4, 0.5) is 14.7 Å². The third kappa shape index (κ3) is 4.40. The second kappa shape index (κ2) is 9.63. The Hall–Kier alpha value is -3.89. The summed E-state index contributed by atoms with van der Waals surface area (Å²) in [4.78, 5) is 28.6. The van der Waals surface area contributed by atoms with E-state index in [0.29, 0.717) is 53.6 Å². The Kier molecular flexibility index (Phi) is 6.38. The maximum atomic E-state index is 15.2. The molecule has 1 aromatic carbocycles. The lowest BCUT2D eigenvalue weighted by Gasteiger charge is -2.31. The van der Waals surface area contributed by atoms with Gasteiger partial charge in [-0.15, -0.1) is 0 Å². The molecule has 0 bridgehead atoms. The molecule has 11 heteroatoms. The van der Waals surface area contributed by atoms with Gasteiger partial charge in [-0.3, -0.25) is 4.79 Å². The Balaban J connectivity index is 1.37. The third-order valence-electron chi connectivity index (χ3n) is 6.61. The van der Waals surface area contributed by atoms with E-state index in [2.05, 4.69) is 25.0 Å². The molecule has 1 aliphatic heterocycles. The van der Waals surface area contributed by atoms with Crippen LogP contribution in [0, 0.1) is 11.6 Å². The van der Waals surface area contributed by atoms with E-state index in [-0.39, 0.29) is 23.9 Å². The number of anilines is 1. The summed E-state index contributed by atoms with van der Waals surface area (Å²) in [5, 5.41) is 4.34. The van der Waals surface area contributed by atoms with E-state index < -0.39 is 11.6 Å². The second-order valence-electron chi connectivity index (χ2n) is 9.15. The van der Waals surface area contributed by atoms with Gasteiger partial charge in [-0.2, -0.15) is 4.98 Å². The van der Waals surface area contributed by atoms with Crippen molar-refractivity contribution in [3.05, 3.63) is 65.1 Å². The molecule has 0 N–H and O–H groups in total. The molecule has 3 aromatic heterocycles. The summed E-state index contributed by atoms with van der Waals surface area (Å²) in [7, 11) is 3.22. The van der Waals surface area contributed by atoms with Crippen LogP contribution < -0.4 is 4.90 Å². The number of fused-ring (bicyclic) bond motifs is 1. The Labute approximate surface area is 206 Å². The number of hydrogen-bond donors (Lipinski definition) is 0. The van der Waals surface area contributed by atoms with Crippen LogP contribution in [0.2, 0.25) is 0 Å². The number of benzene rings is 1. The normalized spacial score (nSPS) is 14.5. The van der Waals surface area contributed by atoms with Crippen molar-refractivity contribution >= 4 is 22.9 Å². The smallest absolute Gasteiger partial charge is 0.266 e. The van der Waals surface area contributed by atoms with E-state index in [4.69, 9.17) is 4.52 Å². The highest BCUT2D eigenvalue weighted by atomic mass is 19.1. The zero-order valence-electron chi connectivity index (χ0n) is 20.4. The molecular weight excluding hydrogens is 468 g/mol. The highest BCUT2D eigenvalue weighted by molar-refractivity contribution is 5.94. The van der Waals surface area contributed by atoms with Gasteiger partial charge in [0.15, 0.2) is 5.82 Å². The molecule has 4 aromatic rings. The highest BCUT2D eigenvalue weighted by Crippen LogP contribution is 2.31. The average Bonchev–Trinajstić information content (AvgIpc) is 3.50. The van der Waals surface area contributed by atoms with Crippen LogP contribution in [0.3, 0.4) is 0 Å². The number of nitrogens with zero attached hydrogens (tertiary/aromatic N) is 7. The Morgan fingerprint density at radius 1 is 1.17 bits per heavy atom. The summed E-state index contributed by atoms with van der Waals surface area (Å²) in [6.07, 6.45) is 5.13. The van der Waals surface area contributed by atoms with Crippen LogP contribution in [-0.2, 0) is 12.8 Å². The fourth-order valence-corrected chi connectivity index (χ4v) is 4.64. The summed E-state index contributed by atoms with van der Waals surface area (Å²) in [6, 6.07) is 4.37. The summed E-state index contributed by atoms with van der Waals surface area (Å²) < 4.78 is 37.1. The summed E-state index contributed by atoms with van der Waals surface area (Å²) >= 11 is 0. The van der Waals surface area contributed by atoms with E-state index >= 15 is 4.39 Å². The van der Waals surface area contributed by atoms with Gasteiger partial charge >= 0.3 is 0 Å². The van der Waals surface area contributed by atoms with Gasteiger partial charge in [0, 0.05) is 57.8 Å². The third-order valence-corrected chi connectivity index (χ3v) is 6.61. The SMILES string of the molecule is CCc1nc(N2CCC(n3cc(F)c4c(Cc5ccc(C(=O)N(C)C)cc5F)ncnc43)CC2)no1. The van der Waals surface area contributed by atoms with E-state index in [0.717, 1.165) is 12.8 Å². The van der Waals surface area contributed by atoms with Gasteiger partial charge in [0.25, 0.3) is 11.9 Å². The van der Waals surface area contributed by atoms with Crippen LogP contribution in [0.5, 0.6) is 0 Å². The van der Waals surface area contributed by atoms with Crippen molar-refractivity contribution in [3.8, 4) is 0 Å². The Morgan fingerprint density at radius 3 is 2.61 bits per heavy atom. The first-order chi connectivity index (χ1) is 17.4. The van der Waals surface area contributed by atoms with Crippen molar-refractivity contribution in [3.63, 3.8) is 0 Å². The number of aryl methyl sites for hydroxylation is 1. The van der Waals surface area contributed by atoms with Gasteiger partial charge in [-0.1, -0.05) is 13.0 Å². The molecule has 1 aliphatic rings. The Morgan fingerprint density at radius 2 is 1.94 bits per heavy atom. The number of carbonyl (C=O) groups is 1. The van der Waals surface area contributed by atoms with Crippen molar-refractivity contribution in [1.29, 1.82) is 0 Å². The predicted molar refractivity (Wildman–Crippen MR) is 129 cm³/mol. The highest BCUT2D eigenvalue weighted by Gasteiger charge is 2.27. The van der Waals surface area contributed by atoms with Crippen LogP contribution in [0.25, 0.3) is 11.0 Å². The molecule has 1 saturated heterocycles. The van der Waals surface area contributed by atoms with Crippen LogP contribution in [0.15, 0.2) is 35.2 Å². The minimum atomic E-state index is -0.533. The monoisotopic (exact) mass is 495 g/mol. The topological polar surface area (TPSA) is 93.2 Å². The van der Waals surface area contributed by atoms with Gasteiger partial charge < -0.3 is 18.9 Å². The van der Waals surface area contributed by atoms with Crippen LogP contribution in [-0.4, -0.2) is 62.7 Å². The van der Waals surface area contributed by atoms with E-state index in [1.165, 1.54) is 23.5 Å². The van der Waals surface area contributed by atoms with Crippen LogP contribution >= 0.6 is 0 Å². The van der Waals surface area contributed by atoms with E-state index in [1.807, 2.05) is 11.5 Å². The van der Waals surface area contributed by atoms with Crippen molar-refractivity contribution in [1.82, 2.24) is 29.6 Å². The molecule has 36 heavy (non-hydrogen) atoms. The summed E-state index contributed by atoms with van der Waals surface area (Å²) in [6.45, 7) is 3.37. The van der Waals surface area contributed by atoms with Crippen molar-refractivity contribution in [2.24, 2.45) is 0 Å². The molecular formula is C25H27F2N7O2. The first kappa shape index (κ1) is 23.8. The molecule has 1 amide bonds. The predicted octanol–water partition coefficient (Wildman–Crippen LogP) is 3.79. The molecule has 0 radical (unpaired) electrons. The molecule has 0 aliphatic carbocycles. The largest absolute Gasteiger partial charge is 0.345 e. The van der Waals surface area contributed by atoms with Gasteiger partial charge in [0.1, 0.15) is 17.8 Å². The molecule has 5 rings (SSSR count). The maximum absolute atomic E-state index is 15.2. The van der Waals surface area contributed by atoms with Gasteiger partial charge in [0.2, 0.25) is 5.89 Å². The number of piperidine rings is 1. The van der Waals surface area contributed by atoms with Gasteiger partial charge in [-0.25, -0.2) is 18.7 Å². The van der Waals surface area contributed by atoms with Gasteiger partial charge in [0.05, 0.1) is 11.1 Å². The number of aromatic nitrogens is 5. The number of rotatable bonds is 6. The number of amides is 1.